The lowest BCUT2D eigenvalue weighted by Crippen LogP contribution is -2.44. The quantitative estimate of drug-likeness (QED) is 0.317. The Kier molecular flexibility index (Phi) is 6.65. The average Bonchev–Trinajstić information content (AvgIpc) is 3.34. The maximum atomic E-state index is 12.7. The van der Waals surface area contributed by atoms with E-state index in [0.717, 1.165) is 47.0 Å². The third kappa shape index (κ3) is 4.14. The van der Waals surface area contributed by atoms with Gasteiger partial charge in [-0.25, -0.2) is 4.98 Å². The Labute approximate surface area is 218 Å². The zero-order chi connectivity index (χ0) is 24.0. The number of anilines is 1. The molecule has 5 atom stereocenters. The van der Waals surface area contributed by atoms with Crippen molar-refractivity contribution < 1.29 is 14.7 Å². The van der Waals surface area contributed by atoms with Gasteiger partial charge in [-0.15, -0.1) is 11.3 Å². The van der Waals surface area contributed by atoms with Crippen LogP contribution in [0.5, 0.6) is 5.75 Å². The van der Waals surface area contributed by atoms with E-state index in [-0.39, 0.29) is 11.3 Å². The van der Waals surface area contributed by atoms with E-state index >= 15 is 0 Å². The van der Waals surface area contributed by atoms with Gasteiger partial charge in [-0.2, -0.15) is 0 Å². The normalized spacial score (nSPS) is 31.0. The second-order valence-corrected chi connectivity index (χ2v) is 12.6. The van der Waals surface area contributed by atoms with Crippen molar-refractivity contribution in [3.05, 3.63) is 37.9 Å². The van der Waals surface area contributed by atoms with Crippen molar-refractivity contribution in [2.75, 3.05) is 12.4 Å². The number of hydrogen-bond acceptors (Lipinski definition) is 6. The first-order valence-electron chi connectivity index (χ1n) is 12.1. The molecule has 5 rings (SSSR count). The number of aryl methyl sites for hydroxylation is 1. The van der Waals surface area contributed by atoms with Gasteiger partial charge in [0.1, 0.15) is 12.9 Å². The van der Waals surface area contributed by atoms with Crippen LogP contribution >= 0.6 is 33.9 Å². The Morgan fingerprint density at radius 1 is 1.41 bits per heavy atom. The molecule has 0 bridgehead atoms. The number of benzene rings is 1. The standard InChI is InChI=1S/C26H32IN3O3S/c1-14-13-28-25(34-14)29-22(32)9-4-15-12-21(30-33-3)26(2)11-10-17-16-7-8-20(31)24(27)19(16)6-5-18(17)23(15)26/h7-8,13,15,17-18,23,31H,4-6,9-12H2,1-3H3,(H,28,29,32)/b30-21+/t15-,17?,18?,23?,26-/m1/s1. The van der Waals surface area contributed by atoms with E-state index < -0.39 is 0 Å². The van der Waals surface area contributed by atoms with E-state index in [1.165, 1.54) is 28.2 Å². The van der Waals surface area contributed by atoms with Crippen LogP contribution in [-0.2, 0) is 16.1 Å². The Morgan fingerprint density at radius 2 is 2.24 bits per heavy atom. The SMILES string of the molecule is CO/N=C1\C[C@@H](CCC(=O)Nc2ncc(C)s2)C2C3CCc4c(ccc(O)c4I)C3CC[C@]12C. The fraction of sp³-hybridized carbons (Fsp3) is 0.577. The summed E-state index contributed by atoms with van der Waals surface area (Å²) in [4.78, 5) is 23.4. The highest BCUT2D eigenvalue weighted by atomic mass is 127. The molecule has 3 aliphatic carbocycles. The van der Waals surface area contributed by atoms with Crippen molar-refractivity contribution >= 4 is 50.7 Å². The van der Waals surface area contributed by atoms with Gasteiger partial charge in [-0.3, -0.25) is 4.79 Å². The number of aromatic nitrogens is 1. The van der Waals surface area contributed by atoms with Crippen LogP contribution in [0.4, 0.5) is 5.13 Å². The van der Waals surface area contributed by atoms with Gasteiger partial charge in [0, 0.05) is 22.9 Å². The second-order valence-electron chi connectivity index (χ2n) is 10.3. The van der Waals surface area contributed by atoms with Gasteiger partial charge in [0.05, 0.1) is 9.28 Å². The number of oxime groups is 1. The van der Waals surface area contributed by atoms with Gasteiger partial charge < -0.3 is 15.3 Å². The predicted molar refractivity (Wildman–Crippen MR) is 143 cm³/mol. The summed E-state index contributed by atoms with van der Waals surface area (Å²) in [5, 5.41) is 18.4. The number of halogens is 1. The van der Waals surface area contributed by atoms with Crippen LogP contribution in [0.2, 0.25) is 0 Å². The van der Waals surface area contributed by atoms with Crippen LogP contribution in [0.1, 0.15) is 67.4 Å². The number of carbonyl (C=O) groups is 1. The minimum absolute atomic E-state index is 0.0202. The molecule has 8 heteroatoms. The summed E-state index contributed by atoms with van der Waals surface area (Å²) in [5.74, 6) is 2.40. The van der Waals surface area contributed by atoms with Crippen molar-refractivity contribution in [1.29, 1.82) is 0 Å². The van der Waals surface area contributed by atoms with Crippen LogP contribution in [-0.4, -0.2) is 28.8 Å². The summed E-state index contributed by atoms with van der Waals surface area (Å²) >= 11 is 3.81. The molecule has 0 radical (unpaired) electrons. The lowest BCUT2D eigenvalue weighted by Gasteiger charge is -2.50. The summed E-state index contributed by atoms with van der Waals surface area (Å²) in [5.41, 5.74) is 3.95. The van der Waals surface area contributed by atoms with Crippen LogP contribution in [0.25, 0.3) is 0 Å². The molecule has 2 N–H and O–H groups in total. The van der Waals surface area contributed by atoms with E-state index in [2.05, 4.69) is 51.0 Å². The zero-order valence-corrected chi connectivity index (χ0v) is 22.9. The molecule has 0 spiro atoms. The number of nitrogens with one attached hydrogen (secondary N) is 1. The molecule has 2 aromatic rings. The molecule has 3 aliphatic rings. The number of phenols is 1. The lowest BCUT2D eigenvalue weighted by molar-refractivity contribution is -0.116. The largest absolute Gasteiger partial charge is 0.507 e. The third-order valence-corrected chi connectivity index (χ3v) is 10.5. The van der Waals surface area contributed by atoms with Crippen molar-refractivity contribution in [3.8, 4) is 5.75 Å². The molecular weight excluding hydrogens is 561 g/mol. The van der Waals surface area contributed by atoms with E-state index in [0.29, 0.717) is 41.0 Å². The highest BCUT2D eigenvalue weighted by Crippen LogP contribution is 2.62. The molecule has 1 amide bonds. The molecule has 6 nitrogen and oxygen atoms in total. The molecule has 2 fully saturated rings. The molecule has 0 aliphatic heterocycles. The molecule has 1 aromatic carbocycles. The summed E-state index contributed by atoms with van der Waals surface area (Å²) in [6.07, 6.45) is 8.38. The minimum atomic E-state index is 0.0202. The number of carbonyl (C=O) groups excluding carboxylic acids is 1. The fourth-order valence-electron chi connectivity index (χ4n) is 7.12. The number of hydrogen-bond donors (Lipinski definition) is 2. The first-order valence-corrected chi connectivity index (χ1v) is 14.0. The molecule has 2 saturated carbocycles. The summed E-state index contributed by atoms with van der Waals surface area (Å²) in [6.45, 7) is 4.37. The van der Waals surface area contributed by atoms with Gasteiger partial charge in [0.15, 0.2) is 5.13 Å². The summed E-state index contributed by atoms with van der Waals surface area (Å²) in [7, 11) is 1.64. The first kappa shape index (κ1) is 24.0. The number of amides is 1. The number of fused-ring (bicyclic) bond motifs is 5. The smallest absolute Gasteiger partial charge is 0.226 e. The van der Waals surface area contributed by atoms with Crippen LogP contribution < -0.4 is 5.32 Å². The average molecular weight is 594 g/mol. The first-order chi connectivity index (χ1) is 16.3. The maximum absolute atomic E-state index is 12.7. The highest BCUT2D eigenvalue weighted by molar-refractivity contribution is 14.1. The molecular formula is C26H32IN3O3S. The van der Waals surface area contributed by atoms with Gasteiger partial charge in [0.25, 0.3) is 0 Å². The molecule has 1 heterocycles. The van der Waals surface area contributed by atoms with Gasteiger partial charge in [-0.05, 0) is 109 Å². The van der Waals surface area contributed by atoms with Crippen LogP contribution in [0.15, 0.2) is 23.5 Å². The van der Waals surface area contributed by atoms with E-state index in [4.69, 9.17) is 4.84 Å². The van der Waals surface area contributed by atoms with E-state index in [1.54, 1.807) is 13.3 Å². The summed E-state index contributed by atoms with van der Waals surface area (Å²) < 4.78 is 1.01. The Bertz CT molecular complexity index is 1130. The zero-order valence-electron chi connectivity index (χ0n) is 19.9. The number of phenolic OH excluding ortho intramolecular Hbond substituents is 1. The van der Waals surface area contributed by atoms with E-state index in [9.17, 15) is 9.90 Å². The number of nitrogens with zero attached hydrogens (tertiary/aromatic N) is 2. The monoisotopic (exact) mass is 593 g/mol. The van der Waals surface area contributed by atoms with Crippen LogP contribution in [0.3, 0.4) is 0 Å². The van der Waals surface area contributed by atoms with Crippen molar-refractivity contribution in [3.63, 3.8) is 0 Å². The van der Waals surface area contributed by atoms with Crippen molar-refractivity contribution in [2.45, 2.75) is 64.7 Å². The number of rotatable bonds is 5. The Balaban J connectivity index is 1.39. The topological polar surface area (TPSA) is 83.8 Å². The molecule has 3 unspecified atom stereocenters. The lowest BCUT2D eigenvalue weighted by atomic mass is 9.54. The second kappa shape index (κ2) is 9.41. The van der Waals surface area contributed by atoms with Gasteiger partial charge >= 0.3 is 0 Å². The number of thiazole rings is 1. The van der Waals surface area contributed by atoms with Crippen LogP contribution in [0, 0.1) is 33.7 Å². The minimum Gasteiger partial charge on any atom is -0.507 e. The fourth-order valence-corrected chi connectivity index (χ4v) is 8.56. The highest BCUT2D eigenvalue weighted by Gasteiger charge is 2.57. The molecule has 34 heavy (non-hydrogen) atoms. The molecule has 0 saturated heterocycles. The molecule has 182 valence electrons. The van der Waals surface area contributed by atoms with Crippen molar-refractivity contribution in [2.24, 2.45) is 28.3 Å². The molecule has 1 aromatic heterocycles. The maximum Gasteiger partial charge on any atom is 0.226 e. The van der Waals surface area contributed by atoms with Gasteiger partial charge in [-0.1, -0.05) is 18.1 Å². The van der Waals surface area contributed by atoms with E-state index in [1.807, 2.05) is 13.0 Å². The van der Waals surface area contributed by atoms with Crippen molar-refractivity contribution in [1.82, 2.24) is 4.98 Å². The number of aromatic hydroxyl groups is 1. The predicted octanol–water partition coefficient (Wildman–Crippen LogP) is 6.27. The third-order valence-electron chi connectivity index (χ3n) is 8.51. The Morgan fingerprint density at radius 3 is 2.97 bits per heavy atom. The Hall–Kier alpha value is -1.68. The summed E-state index contributed by atoms with van der Waals surface area (Å²) in [6, 6.07) is 4.02. The van der Waals surface area contributed by atoms with Gasteiger partial charge in [0.2, 0.25) is 5.91 Å².